The average Bonchev–Trinajstić information content (AvgIpc) is 2.82. The Balaban J connectivity index is 1.77. The summed E-state index contributed by atoms with van der Waals surface area (Å²) in [6.07, 6.45) is -0.138. The normalized spacial score (nSPS) is 31.3. The van der Waals surface area contributed by atoms with Crippen molar-refractivity contribution in [3.63, 3.8) is 0 Å². The van der Waals surface area contributed by atoms with E-state index < -0.39 is 18.9 Å². The summed E-state index contributed by atoms with van der Waals surface area (Å²) in [5.41, 5.74) is 0. The van der Waals surface area contributed by atoms with Gasteiger partial charge in [0.1, 0.15) is 6.61 Å². The van der Waals surface area contributed by atoms with Crippen LogP contribution in [-0.2, 0) is 9.53 Å². The first-order chi connectivity index (χ1) is 9.85. The summed E-state index contributed by atoms with van der Waals surface area (Å²) in [7, 11) is 1.92. The molecule has 0 spiro atoms. The predicted octanol–water partition coefficient (Wildman–Crippen LogP) is 2.09. The molecule has 1 amide bonds. The molecule has 4 nitrogen and oxygen atoms in total. The van der Waals surface area contributed by atoms with Crippen molar-refractivity contribution in [3.8, 4) is 0 Å². The number of carbonyl (C=O) groups excluding carboxylic acids is 1. The van der Waals surface area contributed by atoms with E-state index in [2.05, 4.69) is 5.32 Å². The molecular formula is C14H23F3N2O2. The van der Waals surface area contributed by atoms with Gasteiger partial charge in [0.15, 0.2) is 0 Å². The maximum absolute atomic E-state index is 12.2. The maximum atomic E-state index is 12.2. The second-order valence-corrected chi connectivity index (χ2v) is 6.06. The van der Waals surface area contributed by atoms with Gasteiger partial charge in [-0.3, -0.25) is 9.69 Å². The number of likely N-dealkylation sites (tertiary alicyclic amines) is 1. The van der Waals surface area contributed by atoms with E-state index in [4.69, 9.17) is 4.74 Å². The lowest BCUT2D eigenvalue weighted by Gasteiger charge is -2.31. The molecule has 3 atom stereocenters. The minimum atomic E-state index is -4.29. The van der Waals surface area contributed by atoms with Crippen LogP contribution in [0.25, 0.3) is 0 Å². The summed E-state index contributed by atoms with van der Waals surface area (Å²) in [4.78, 5) is 14.2. The first kappa shape index (κ1) is 16.5. The van der Waals surface area contributed by atoms with Crippen molar-refractivity contribution in [1.82, 2.24) is 10.2 Å². The molecule has 2 rings (SSSR count). The molecule has 0 aromatic rings. The van der Waals surface area contributed by atoms with Crippen molar-refractivity contribution in [2.75, 3.05) is 20.2 Å². The zero-order chi connectivity index (χ0) is 15.5. The van der Waals surface area contributed by atoms with Crippen LogP contribution in [0.5, 0.6) is 0 Å². The molecule has 1 saturated carbocycles. The maximum Gasteiger partial charge on any atom is 0.411 e. The van der Waals surface area contributed by atoms with Crippen molar-refractivity contribution in [2.24, 2.45) is 0 Å². The molecule has 0 radical (unpaired) electrons. The van der Waals surface area contributed by atoms with Gasteiger partial charge in [-0.25, -0.2) is 0 Å². The number of ether oxygens (including phenoxy) is 1. The van der Waals surface area contributed by atoms with E-state index in [1.54, 1.807) is 0 Å². The Morgan fingerprint density at radius 2 is 2.05 bits per heavy atom. The number of hydrogen-bond acceptors (Lipinski definition) is 3. The van der Waals surface area contributed by atoms with Gasteiger partial charge >= 0.3 is 6.18 Å². The SMILES string of the molecule is CN1CCC[C@H]1C(=O)NC1CCCC(OCC(F)(F)F)C1. The number of hydrogen-bond donors (Lipinski definition) is 1. The number of halogens is 3. The lowest BCUT2D eigenvalue weighted by atomic mass is 9.92. The topological polar surface area (TPSA) is 41.6 Å². The second-order valence-electron chi connectivity index (χ2n) is 6.06. The number of nitrogens with zero attached hydrogens (tertiary/aromatic N) is 1. The highest BCUT2D eigenvalue weighted by Crippen LogP contribution is 2.25. The van der Waals surface area contributed by atoms with E-state index in [1.165, 1.54) is 0 Å². The summed E-state index contributed by atoms with van der Waals surface area (Å²) in [5.74, 6) is -0.00327. The van der Waals surface area contributed by atoms with E-state index in [9.17, 15) is 18.0 Å². The molecule has 2 unspecified atom stereocenters. The molecule has 1 aliphatic heterocycles. The van der Waals surface area contributed by atoms with Crippen molar-refractivity contribution >= 4 is 5.91 Å². The van der Waals surface area contributed by atoms with Crippen LogP contribution in [0.3, 0.4) is 0 Å². The molecule has 21 heavy (non-hydrogen) atoms. The molecule has 2 aliphatic rings. The Bertz CT molecular complexity index is 363. The molecule has 7 heteroatoms. The monoisotopic (exact) mass is 308 g/mol. The van der Waals surface area contributed by atoms with Gasteiger partial charge in [-0.05, 0) is 52.1 Å². The van der Waals surface area contributed by atoms with Gasteiger partial charge in [0, 0.05) is 6.04 Å². The Hall–Kier alpha value is -0.820. The lowest BCUT2D eigenvalue weighted by Crippen LogP contribution is -2.48. The molecule has 122 valence electrons. The summed E-state index contributed by atoms with van der Waals surface area (Å²) in [6, 6.07) is -0.167. The molecular weight excluding hydrogens is 285 g/mol. The molecule has 2 fully saturated rings. The third-order valence-electron chi connectivity index (χ3n) is 4.28. The minimum absolute atomic E-state index is 0.00327. The Morgan fingerprint density at radius 1 is 1.29 bits per heavy atom. The largest absolute Gasteiger partial charge is 0.411 e. The lowest BCUT2D eigenvalue weighted by molar-refractivity contribution is -0.188. The molecule has 1 heterocycles. The van der Waals surface area contributed by atoms with Crippen LogP contribution < -0.4 is 5.32 Å². The number of carbonyl (C=O) groups is 1. The van der Waals surface area contributed by atoms with Crippen LogP contribution in [0.1, 0.15) is 38.5 Å². The van der Waals surface area contributed by atoms with Gasteiger partial charge in [0.2, 0.25) is 5.91 Å². The fourth-order valence-corrected chi connectivity index (χ4v) is 3.18. The second kappa shape index (κ2) is 6.96. The number of rotatable bonds is 4. The van der Waals surface area contributed by atoms with Crippen LogP contribution in [0.2, 0.25) is 0 Å². The van der Waals surface area contributed by atoms with Crippen molar-refractivity contribution < 1.29 is 22.7 Å². The van der Waals surface area contributed by atoms with Gasteiger partial charge in [-0.15, -0.1) is 0 Å². The molecule has 1 saturated heterocycles. The van der Waals surface area contributed by atoms with Crippen molar-refractivity contribution in [3.05, 3.63) is 0 Å². The van der Waals surface area contributed by atoms with Gasteiger partial charge in [0.25, 0.3) is 0 Å². The third kappa shape index (κ3) is 5.14. The highest BCUT2D eigenvalue weighted by molar-refractivity contribution is 5.82. The van der Waals surface area contributed by atoms with E-state index in [1.807, 2.05) is 11.9 Å². The number of likely N-dealkylation sites (N-methyl/N-ethyl adjacent to an activating group) is 1. The highest BCUT2D eigenvalue weighted by atomic mass is 19.4. The van der Waals surface area contributed by atoms with Crippen LogP contribution in [0.15, 0.2) is 0 Å². The minimum Gasteiger partial charge on any atom is -0.369 e. The predicted molar refractivity (Wildman–Crippen MR) is 71.8 cm³/mol. The van der Waals surface area contributed by atoms with Crippen molar-refractivity contribution in [1.29, 1.82) is 0 Å². The van der Waals surface area contributed by atoms with E-state index in [-0.39, 0.29) is 18.0 Å². The molecule has 1 aliphatic carbocycles. The van der Waals surface area contributed by atoms with Gasteiger partial charge in [-0.1, -0.05) is 0 Å². The van der Waals surface area contributed by atoms with E-state index in [0.717, 1.165) is 32.2 Å². The van der Waals surface area contributed by atoms with Crippen LogP contribution in [-0.4, -0.2) is 55.4 Å². The first-order valence-electron chi connectivity index (χ1n) is 7.54. The third-order valence-corrected chi connectivity index (χ3v) is 4.28. The standard InChI is InChI=1S/C14H23F3N2O2/c1-19-7-3-6-12(19)13(20)18-10-4-2-5-11(8-10)21-9-14(15,16)17/h10-12H,2-9H2,1H3,(H,18,20)/t10?,11?,12-/m0/s1. The summed E-state index contributed by atoms with van der Waals surface area (Å²) < 4.78 is 41.4. The first-order valence-corrected chi connectivity index (χ1v) is 7.54. The fraction of sp³-hybridized carbons (Fsp3) is 0.929. The zero-order valence-electron chi connectivity index (χ0n) is 12.3. The molecule has 0 aromatic heterocycles. The van der Waals surface area contributed by atoms with Crippen molar-refractivity contribution in [2.45, 2.75) is 62.9 Å². The number of amides is 1. The van der Waals surface area contributed by atoms with Crippen LogP contribution in [0, 0.1) is 0 Å². The summed E-state index contributed by atoms with van der Waals surface area (Å²) in [5, 5.41) is 2.98. The fourth-order valence-electron chi connectivity index (χ4n) is 3.18. The number of nitrogens with one attached hydrogen (secondary N) is 1. The molecule has 1 N–H and O–H groups in total. The number of alkyl halides is 3. The Kier molecular flexibility index (Phi) is 5.48. The zero-order valence-corrected chi connectivity index (χ0v) is 12.3. The summed E-state index contributed by atoms with van der Waals surface area (Å²) >= 11 is 0. The van der Waals surface area contributed by atoms with Gasteiger partial charge in [0.05, 0.1) is 12.1 Å². The van der Waals surface area contributed by atoms with Crippen LogP contribution in [0.4, 0.5) is 13.2 Å². The van der Waals surface area contributed by atoms with Gasteiger partial charge in [-0.2, -0.15) is 13.2 Å². The molecule has 0 bridgehead atoms. The summed E-state index contributed by atoms with van der Waals surface area (Å²) in [6.45, 7) is -0.288. The Labute approximate surface area is 123 Å². The Morgan fingerprint density at radius 3 is 2.67 bits per heavy atom. The smallest absolute Gasteiger partial charge is 0.369 e. The van der Waals surface area contributed by atoms with E-state index in [0.29, 0.717) is 12.8 Å². The average molecular weight is 308 g/mol. The quantitative estimate of drug-likeness (QED) is 0.864. The highest BCUT2D eigenvalue weighted by Gasteiger charge is 2.33. The van der Waals surface area contributed by atoms with Crippen LogP contribution >= 0.6 is 0 Å². The van der Waals surface area contributed by atoms with E-state index >= 15 is 0 Å². The van der Waals surface area contributed by atoms with Gasteiger partial charge < -0.3 is 10.1 Å². The molecule has 0 aromatic carbocycles.